The van der Waals surface area contributed by atoms with Crippen molar-refractivity contribution in [3.05, 3.63) is 41.8 Å². The topological polar surface area (TPSA) is 108 Å². The number of hydrogen-bond acceptors (Lipinski definition) is 7. The van der Waals surface area contributed by atoms with Crippen LogP contribution < -0.4 is 16.0 Å². The van der Waals surface area contributed by atoms with E-state index in [2.05, 4.69) is 37.8 Å². The van der Waals surface area contributed by atoms with Crippen LogP contribution in [0.1, 0.15) is 58.9 Å². The molecule has 1 aliphatic rings. The van der Waals surface area contributed by atoms with Gasteiger partial charge in [-0.1, -0.05) is 24.8 Å². The number of nitrogens with zero attached hydrogens (tertiary/aromatic N) is 3. The molecule has 3 N–H and O–H groups in total. The number of benzene rings is 1. The van der Waals surface area contributed by atoms with Gasteiger partial charge in [-0.05, 0) is 51.8 Å². The minimum atomic E-state index is -1.27. The molecule has 1 saturated heterocycles. The summed E-state index contributed by atoms with van der Waals surface area (Å²) in [5.41, 5.74) is 0.414. The van der Waals surface area contributed by atoms with Crippen molar-refractivity contribution in [1.82, 2.24) is 20.2 Å². The maximum atomic E-state index is 14.0. The second-order valence-electron chi connectivity index (χ2n) is 10.2. The first-order valence-electron chi connectivity index (χ1n) is 13.1. The minimum absolute atomic E-state index is 0.0531. The highest BCUT2D eigenvalue weighted by molar-refractivity contribution is 5.86. The summed E-state index contributed by atoms with van der Waals surface area (Å²) in [6, 6.07) is 5.13. The van der Waals surface area contributed by atoms with Gasteiger partial charge >= 0.3 is 6.09 Å². The van der Waals surface area contributed by atoms with Crippen LogP contribution in [0.25, 0.3) is 0 Å². The normalized spacial score (nSPS) is 16.7. The summed E-state index contributed by atoms with van der Waals surface area (Å²) in [7, 11) is 0. The molecule has 3 rings (SSSR count). The summed E-state index contributed by atoms with van der Waals surface area (Å²) in [5.74, 6) is 6.23. The van der Waals surface area contributed by atoms with E-state index in [-0.39, 0.29) is 18.8 Å². The molecule has 39 heavy (non-hydrogen) atoms. The smallest absolute Gasteiger partial charge is 0.411 e. The molecule has 0 saturated carbocycles. The Bertz CT molecular complexity index is 1210. The fourth-order valence-electron chi connectivity index (χ4n) is 3.83. The Morgan fingerprint density at radius 2 is 2.05 bits per heavy atom. The Morgan fingerprint density at radius 3 is 2.77 bits per heavy atom. The largest absolute Gasteiger partial charge is 0.444 e. The lowest BCUT2D eigenvalue weighted by Crippen LogP contribution is -2.47. The summed E-state index contributed by atoms with van der Waals surface area (Å²) < 4.78 is 32.8. The van der Waals surface area contributed by atoms with Crippen molar-refractivity contribution in [1.29, 1.82) is 0 Å². The van der Waals surface area contributed by atoms with E-state index in [4.69, 9.17) is 4.74 Å². The highest BCUT2D eigenvalue weighted by atomic mass is 19.1. The molecular formula is C28H36F2N6O3. The molecule has 0 spiro atoms. The molecule has 1 aromatic heterocycles. The molecule has 210 valence electrons. The van der Waals surface area contributed by atoms with Crippen LogP contribution in [-0.2, 0) is 9.53 Å². The molecule has 2 heterocycles. The maximum absolute atomic E-state index is 14.0. The van der Waals surface area contributed by atoms with Crippen molar-refractivity contribution in [2.75, 3.05) is 30.3 Å². The van der Waals surface area contributed by atoms with Gasteiger partial charge in [0.15, 0.2) is 0 Å². The number of hydrogen-bond donors (Lipinski definition) is 3. The number of amides is 2. The molecule has 2 aromatic rings. The van der Waals surface area contributed by atoms with Crippen molar-refractivity contribution >= 4 is 29.5 Å². The van der Waals surface area contributed by atoms with Gasteiger partial charge in [0.1, 0.15) is 29.4 Å². The first kappa shape index (κ1) is 29.6. The van der Waals surface area contributed by atoms with Gasteiger partial charge in [0.05, 0.1) is 18.3 Å². The van der Waals surface area contributed by atoms with Gasteiger partial charge in [0.2, 0.25) is 11.9 Å². The first-order chi connectivity index (χ1) is 18.6. The van der Waals surface area contributed by atoms with Crippen molar-refractivity contribution in [3.63, 3.8) is 0 Å². The van der Waals surface area contributed by atoms with Crippen LogP contribution in [0.4, 0.5) is 31.0 Å². The van der Waals surface area contributed by atoms with Gasteiger partial charge in [-0.3, -0.25) is 9.69 Å². The van der Waals surface area contributed by atoms with Crippen molar-refractivity contribution in [3.8, 4) is 11.8 Å². The van der Waals surface area contributed by atoms with Crippen molar-refractivity contribution in [2.45, 2.75) is 71.2 Å². The number of anilines is 3. The summed E-state index contributed by atoms with van der Waals surface area (Å²) in [5, 5.41) is 8.99. The van der Waals surface area contributed by atoms with E-state index in [0.29, 0.717) is 48.9 Å². The number of halogens is 2. The van der Waals surface area contributed by atoms with Gasteiger partial charge in [0, 0.05) is 31.6 Å². The van der Waals surface area contributed by atoms with Crippen LogP contribution in [0.15, 0.2) is 30.5 Å². The maximum Gasteiger partial charge on any atom is 0.411 e. The highest BCUT2D eigenvalue weighted by Crippen LogP contribution is 2.23. The number of unbranched alkanes of at least 4 members (excludes halogenated alkanes) is 1. The van der Waals surface area contributed by atoms with Crippen LogP contribution in [0.3, 0.4) is 0 Å². The van der Waals surface area contributed by atoms with Crippen LogP contribution >= 0.6 is 0 Å². The predicted molar refractivity (Wildman–Crippen MR) is 146 cm³/mol. The van der Waals surface area contributed by atoms with Gasteiger partial charge in [-0.25, -0.2) is 18.6 Å². The number of alkyl halides is 1. The van der Waals surface area contributed by atoms with E-state index in [1.54, 1.807) is 39.1 Å². The number of likely N-dealkylation sites (tertiary alicyclic amines) is 1. The molecule has 11 heteroatoms. The standard InChI is InChI=1S/C28H36F2N6O3/c1-5-13-31-24-19(17-33-26(35-24)34-22-12-9-11-20(29)15-22)10-7-6-8-14-32-25(37)23-16-21(30)18-36(23)27(38)39-28(2,3)4/h9,11-12,15,17,21,23H,5-6,8,13-14,16,18H2,1-4H3,(H,32,37)(H2,31,33,34,35)/t21-,23?/m1/s1. The Hall–Kier alpha value is -3.94. The minimum Gasteiger partial charge on any atom is -0.444 e. The Balaban J connectivity index is 1.53. The third-order valence-corrected chi connectivity index (χ3v) is 5.59. The zero-order chi connectivity index (χ0) is 28.4. The molecule has 1 aliphatic heterocycles. The predicted octanol–water partition coefficient (Wildman–Crippen LogP) is 4.78. The second kappa shape index (κ2) is 13.7. The third-order valence-electron chi connectivity index (χ3n) is 5.59. The average molecular weight is 543 g/mol. The lowest BCUT2D eigenvalue weighted by molar-refractivity contribution is -0.125. The molecule has 2 atom stereocenters. The van der Waals surface area contributed by atoms with Crippen LogP contribution in [0, 0.1) is 17.7 Å². The average Bonchev–Trinajstić information content (AvgIpc) is 3.26. The van der Waals surface area contributed by atoms with Crippen molar-refractivity contribution in [2.24, 2.45) is 0 Å². The first-order valence-corrected chi connectivity index (χ1v) is 13.1. The van der Waals surface area contributed by atoms with Crippen LogP contribution in [0.2, 0.25) is 0 Å². The van der Waals surface area contributed by atoms with E-state index in [0.717, 1.165) is 11.3 Å². The second-order valence-corrected chi connectivity index (χ2v) is 10.2. The highest BCUT2D eigenvalue weighted by Gasteiger charge is 2.41. The molecule has 9 nitrogen and oxygen atoms in total. The number of rotatable bonds is 9. The monoisotopic (exact) mass is 542 g/mol. The number of carbonyl (C=O) groups is 2. The zero-order valence-electron chi connectivity index (χ0n) is 22.8. The number of ether oxygens (including phenoxy) is 1. The van der Waals surface area contributed by atoms with E-state index >= 15 is 0 Å². The molecule has 1 unspecified atom stereocenters. The lowest BCUT2D eigenvalue weighted by Gasteiger charge is -2.27. The third kappa shape index (κ3) is 9.39. The van der Waals surface area contributed by atoms with Gasteiger partial charge < -0.3 is 20.7 Å². The van der Waals surface area contributed by atoms with Crippen LogP contribution in [-0.4, -0.2) is 64.3 Å². The molecule has 0 radical (unpaired) electrons. The summed E-state index contributed by atoms with van der Waals surface area (Å²) in [4.78, 5) is 35.0. The SMILES string of the molecule is CCCNc1nc(Nc2cccc(F)c2)ncc1C#CCCCNC(=O)C1C[C@@H](F)CN1C(=O)OC(C)(C)C. The Kier molecular flexibility index (Phi) is 10.4. The zero-order valence-corrected chi connectivity index (χ0v) is 22.8. The molecule has 1 fully saturated rings. The van der Waals surface area contributed by atoms with Gasteiger partial charge in [-0.15, -0.1) is 0 Å². The quantitative estimate of drug-likeness (QED) is 0.309. The molecule has 0 aliphatic carbocycles. The van der Waals surface area contributed by atoms with E-state index in [1.165, 1.54) is 12.1 Å². The summed E-state index contributed by atoms with van der Waals surface area (Å²) in [6.45, 7) is 8.05. The molecule has 2 amide bonds. The number of carbonyl (C=O) groups excluding carboxylic acids is 2. The fourth-order valence-corrected chi connectivity index (χ4v) is 3.83. The fraction of sp³-hybridized carbons (Fsp3) is 0.500. The molecule has 0 bridgehead atoms. The van der Waals surface area contributed by atoms with Gasteiger partial charge in [0.25, 0.3) is 0 Å². The van der Waals surface area contributed by atoms with E-state index in [9.17, 15) is 18.4 Å². The number of nitrogens with one attached hydrogen (secondary N) is 3. The van der Waals surface area contributed by atoms with E-state index < -0.39 is 29.8 Å². The van der Waals surface area contributed by atoms with Gasteiger partial charge in [-0.2, -0.15) is 4.98 Å². The van der Waals surface area contributed by atoms with E-state index in [1.807, 2.05) is 6.92 Å². The molecular weight excluding hydrogens is 506 g/mol. The van der Waals surface area contributed by atoms with Crippen molar-refractivity contribution < 1.29 is 23.1 Å². The molecule has 1 aromatic carbocycles. The van der Waals surface area contributed by atoms with Crippen LogP contribution in [0.5, 0.6) is 0 Å². The summed E-state index contributed by atoms with van der Waals surface area (Å²) in [6.07, 6.45) is 1.52. The number of aromatic nitrogens is 2. The lowest BCUT2D eigenvalue weighted by atomic mass is 10.2. The Morgan fingerprint density at radius 1 is 1.26 bits per heavy atom. The Labute approximate surface area is 228 Å². The summed E-state index contributed by atoms with van der Waals surface area (Å²) >= 11 is 0.